The maximum atomic E-state index is 12.0. The number of nitrogens with zero attached hydrogens (tertiary/aromatic N) is 1. The number of nitrogens with two attached hydrogens (primary N) is 2. The van der Waals surface area contributed by atoms with Crippen LogP contribution in [0.5, 0.6) is 0 Å². The summed E-state index contributed by atoms with van der Waals surface area (Å²) in [5.74, 6) is 0.0312. The number of hydrogen-bond donors (Lipinski definition) is 2. The first-order valence-corrected chi connectivity index (χ1v) is 24.5. The SMILES string of the molecule is C=C.CCCCCCCC/C=C\CCCCCCCC(N)=O.CCCCCCCC/C=C\CCCCCCCC(N)=O.C[C@@H]1C[C@@H](OC(=O)c2cccnc2)CC(C)(C)C1. The highest BCUT2D eigenvalue weighted by Crippen LogP contribution is 2.39. The van der Waals surface area contributed by atoms with Gasteiger partial charge in [-0.05, 0) is 107 Å². The molecule has 0 aromatic carbocycles. The van der Waals surface area contributed by atoms with Crippen LogP contribution >= 0.6 is 0 Å². The quantitative estimate of drug-likeness (QED) is 0.0425. The molecular weight excluding hydrogens is 743 g/mol. The molecule has 0 unspecified atom stereocenters. The first-order valence-electron chi connectivity index (χ1n) is 24.5. The Labute approximate surface area is 370 Å². The molecule has 2 atom stereocenters. The summed E-state index contributed by atoms with van der Waals surface area (Å²) in [6, 6.07) is 3.50. The molecule has 1 fully saturated rings. The summed E-state index contributed by atoms with van der Waals surface area (Å²) >= 11 is 0. The Balaban J connectivity index is 0. The van der Waals surface area contributed by atoms with Gasteiger partial charge in [-0.25, -0.2) is 4.79 Å². The summed E-state index contributed by atoms with van der Waals surface area (Å²) in [6.07, 6.45) is 50.2. The third-order valence-electron chi connectivity index (χ3n) is 10.9. The van der Waals surface area contributed by atoms with E-state index in [0.717, 1.165) is 38.5 Å². The lowest BCUT2D eigenvalue weighted by molar-refractivity contribution is -0.119. The van der Waals surface area contributed by atoms with Crippen molar-refractivity contribution in [1.82, 2.24) is 4.98 Å². The molecule has 0 aliphatic heterocycles. The van der Waals surface area contributed by atoms with E-state index in [1.807, 2.05) is 0 Å². The van der Waals surface area contributed by atoms with Gasteiger partial charge in [0.05, 0.1) is 5.56 Å². The number of carbonyl (C=O) groups excluding carboxylic acids is 3. The van der Waals surface area contributed by atoms with Crippen molar-refractivity contribution in [2.24, 2.45) is 22.8 Å². The number of unbranched alkanes of at least 4 members (excludes halogenated alkanes) is 22. The van der Waals surface area contributed by atoms with E-state index in [9.17, 15) is 14.4 Å². The number of primary amides is 2. The highest BCUT2D eigenvalue weighted by atomic mass is 16.5. The lowest BCUT2D eigenvalue weighted by Gasteiger charge is -2.38. The fourth-order valence-electron chi connectivity index (χ4n) is 7.79. The molecule has 1 aliphatic rings. The highest BCUT2D eigenvalue weighted by molar-refractivity contribution is 5.89. The van der Waals surface area contributed by atoms with Crippen molar-refractivity contribution in [3.05, 3.63) is 67.6 Å². The average Bonchev–Trinajstić information content (AvgIpc) is 3.21. The van der Waals surface area contributed by atoms with Gasteiger partial charge in [0, 0.05) is 25.2 Å². The zero-order valence-corrected chi connectivity index (χ0v) is 39.8. The molecule has 0 saturated heterocycles. The second kappa shape index (κ2) is 43.9. The van der Waals surface area contributed by atoms with Gasteiger partial charge in [-0.3, -0.25) is 14.6 Å². The van der Waals surface area contributed by atoms with E-state index in [1.165, 1.54) is 148 Å². The molecule has 7 nitrogen and oxygen atoms in total. The maximum absolute atomic E-state index is 12.0. The first kappa shape index (κ1) is 58.9. The van der Waals surface area contributed by atoms with E-state index in [1.54, 1.807) is 24.5 Å². The summed E-state index contributed by atoms with van der Waals surface area (Å²) in [4.78, 5) is 37.0. The number of aromatic nitrogens is 1. The number of ether oxygens (including phenoxy) is 1. The smallest absolute Gasteiger partial charge is 0.339 e. The van der Waals surface area contributed by atoms with E-state index in [-0.39, 0.29) is 29.3 Å². The predicted octanol–water partition coefficient (Wildman–Crippen LogP) is 15.3. The molecule has 1 aliphatic carbocycles. The molecule has 4 N–H and O–H groups in total. The summed E-state index contributed by atoms with van der Waals surface area (Å²) in [7, 11) is 0. The van der Waals surface area contributed by atoms with Crippen molar-refractivity contribution in [1.29, 1.82) is 0 Å². The van der Waals surface area contributed by atoms with Gasteiger partial charge in [0.2, 0.25) is 11.8 Å². The molecule has 0 bridgehead atoms. The Kier molecular flexibility index (Phi) is 43.0. The van der Waals surface area contributed by atoms with Crippen molar-refractivity contribution in [3.63, 3.8) is 0 Å². The molecule has 0 spiro atoms. The summed E-state index contributed by atoms with van der Waals surface area (Å²) in [5.41, 5.74) is 11.0. The minimum atomic E-state index is -0.252. The van der Waals surface area contributed by atoms with Crippen LogP contribution in [0.2, 0.25) is 0 Å². The van der Waals surface area contributed by atoms with Gasteiger partial charge in [-0.1, -0.05) is 162 Å². The Hall–Kier alpha value is -3.22. The predicted molar refractivity (Wildman–Crippen MR) is 259 cm³/mol. The molecule has 1 saturated carbocycles. The Morgan fingerprint density at radius 1 is 0.650 bits per heavy atom. The molecule has 7 heteroatoms. The van der Waals surface area contributed by atoms with Crippen LogP contribution in [0, 0.1) is 11.3 Å². The van der Waals surface area contributed by atoms with Crippen molar-refractivity contribution >= 4 is 17.8 Å². The molecule has 2 rings (SSSR count). The average molecular weight is 838 g/mol. The van der Waals surface area contributed by atoms with Gasteiger partial charge in [0.1, 0.15) is 6.10 Å². The largest absolute Gasteiger partial charge is 0.459 e. The fraction of sp³-hybridized carbons (Fsp3) is 0.736. The summed E-state index contributed by atoms with van der Waals surface area (Å²) < 4.78 is 5.60. The monoisotopic (exact) mass is 838 g/mol. The Bertz CT molecular complexity index is 1130. The number of pyridine rings is 1. The van der Waals surface area contributed by atoms with Crippen molar-refractivity contribution in [3.8, 4) is 0 Å². The van der Waals surface area contributed by atoms with Gasteiger partial charge in [-0.2, -0.15) is 0 Å². The minimum absolute atomic E-state index is 0.0384. The minimum Gasteiger partial charge on any atom is -0.459 e. The van der Waals surface area contributed by atoms with E-state index in [2.05, 4.69) is 77.1 Å². The maximum Gasteiger partial charge on any atom is 0.339 e. The number of carbonyl (C=O) groups is 3. The van der Waals surface area contributed by atoms with Gasteiger partial charge in [0.15, 0.2) is 0 Å². The van der Waals surface area contributed by atoms with Crippen LogP contribution in [0.1, 0.15) is 244 Å². The first-order chi connectivity index (χ1) is 29.0. The third kappa shape index (κ3) is 42.9. The molecule has 60 heavy (non-hydrogen) atoms. The van der Waals surface area contributed by atoms with Gasteiger partial charge in [0.25, 0.3) is 0 Å². The fourth-order valence-corrected chi connectivity index (χ4v) is 7.79. The lowest BCUT2D eigenvalue weighted by Crippen LogP contribution is -2.34. The zero-order valence-electron chi connectivity index (χ0n) is 39.8. The number of esters is 1. The van der Waals surface area contributed by atoms with Crippen LogP contribution in [-0.4, -0.2) is 28.9 Å². The van der Waals surface area contributed by atoms with E-state index >= 15 is 0 Å². The second-order valence-electron chi connectivity index (χ2n) is 17.8. The zero-order chi connectivity index (χ0) is 45.0. The van der Waals surface area contributed by atoms with E-state index in [0.29, 0.717) is 24.3 Å². The Morgan fingerprint density at radius 3 is 1.38 bits per heavy atom. The van der Waals surface area contributed by atoms with Gasteiger partial charge >= 0.3 is 5.97 Å². The van der Waals surface area contributed by atoms with Crippen molar-refractivity contribution < 1.29 is 19.1 Å². The highest BCUT2D eigenvalue weighted by Gasteiger charge is 2.34. The van der Waals surface area contributed by atoms with Crippen LogP contribution in [-0.2, 0) is 14.3 Å². The van der Waals surface area contributed by atoms with Crippen LogP contribution in [0.3, 0.4) is 0 Å². The lowest BCUT2D eigenvalue weighted by atomic mass is 9.71. The molecule has 1 aromatic rings. The summed E-state index contributed by atoms with van der Waals surface area (Å²) in [6.45, 7) is 17.2. The normalized spacial score (nSPS) is 15.6. The standard InChI is InChI=1S/2C18H35NO.C15H21NO2.C2H4/c2*1-2-3-4-5-6-7-8-9-10-11-12-13-14-15-16-17-18(19)20;1-11-7-13(9-15(2,3)8-11)18-14(17)12-5-4-6-16-10-12;1-2/h2*9-10H,2-8,11-17H2,1H3,(H2,19,20);4-6,10-11,13H,7-9H2,1-3H3;1-2H2/b2*10-9-;;/t;;11-,13-;/m..1./s1. The molecular formula is C53H95N3O4. The van der Waals surface area contributed by atoms with Crippen LogP contribution < -0.4 is 11.5 Å². The number of amides is 2. The van der Waals surface area contributed by atoms with Crippen LogP contribution in [0.4, 0.5) is 0 Å². The number of rotatable bonds is 32. The van der Waals surface area contributed by atoms with Crippen molar-refractivity contribution in [2.75, 3.05) is 0 Å². The van der Waals surface area contributed by atoms with Crippen LogP contribution in [0.15, 0.2) is 62.0 Å². The van der Waals surface area contributed by atoms with E-state index < -0.39 is 0 Å². The Morgan fingerprint density at radius 2 is 1.03 bits per heavy atom. The molecule has 1 aromatic heterocycles. The summed E-state index contributed by atoms with van der Waals surface area (Å²) in [5, 5.41) is 0. The van der Waals surface area contributed by atoms with E-state index in [4.69, 9.17) is 16.2 Å². The van der Waals surface area contributed by atoms with Crippen molar-refractivity contribution in [2.45, 2.75) is 240 Å². The number of allylic oxidation sites excluding steroid dienone is 4. The van der Waals surface area contributed by atoms with Gasteiger partial charge < -0.3 is 16.2 Å². The second-order valence-corrected chi connectivity index (χ2v) is 17.8. The molecule has 0 radical (unpaired) electrons. The molecule has 346 valence electrons. The topological polar surface area (TPSA) is 125 Å². The number of hydrogen-bond acceptors (Lipinski definition) is 5. The van der Waals surface area contributed by atoms with Crippen LogP contribution in [0.25, 0.3) is 0 Å². The third-order valence-corrected chi connectivity index (χ3v) is 10.9. The van der Waals surface area contributed by atoms with Gasteiger partial charge in [-0.15, -0.1) is 13.2 Å². The molecule has 2 amide bonds. The molecule has 1 heterocycles.